The van der Waals surface area contributed by atoms with E-state index in [1.165, 1.54) is 25.3 Å². The van der Waals surface area contributed by atoms with Gasteiger partial charge in [-0.1, -0.05) is 25.5 Å². The molecule has 0 aliphatic heterocycles. The van der Waals surface area contributed by atoms with Crippen LogP contribution in [0.5, 0.6) is 0 Å². The van der Waals surface area contributed by atoms with Crippen LogP contribution in [-0.2, 0) is 0 Å². The van der Waals surface area contributed by atoms with Crippen molar-refractivity contribution in [2.45, 2.75) is 39.5 Å². The van der Waals surface area contributed by atoms with Gasteiger partial charge in [-0.25, -0.2) is 4.39 Å². The van der Waals surface area contributed by atoms with Crippen molar-refractivity contribution in [3.63, 3.8) is 0 Å². The van der Waals surface area contributed by atoms with Gasteiger partial charge in [0.05, 0.1) is 0 Å². The van der Waals surface area contributed by atoms with Crippen molar-refractivity contribution in [1.29, 1.82) is 0 Å². The molecule has 0 saturated heterocycles. The van der Waals surface area contributed by atoms with E-state index in [9.17, 15) is 9.18 Å². The highest BCUT2D eigenvalue weighted by atomic mass is 19.1. The molecule has 1 fully saturated rings. The fourth-order valence-electron chi connectivity index (χ4n) is 2.59. The molecular weight excluding hydrogens is 253 g/mol. The van der Waals surface area contributed by atoms with Crippen LogP contribution in [0.1, 0.15) is 48.5 Å². The minimum absolute atomic E-state index is 0.0379. The molecule has 0 atom stereocenters. The summed E-state index contributed by atoms with van der Waals surface area (Å²) in [6.07, 6.45) is 4.48. The molecular formula is C17H24FNO. The molecule has 0 unspecified atom stereocenters. The number of hydrogen-bond donors (Lipinski definition) is 0. The smallest absolute Gasteiger partial charge is 0.164 e. The number of hydrogen-bond acceptors (Lipinski definition) is 2. The van der Waals surface area contributed by atoms with Gasteiger partial charge in [-0.2, -0.15) is 0 Å². The molecule has 0 radical (unpaired) electrons. The third-order valence-corrected chi connectivity index (χ3v) is 4.34. The van der Waals surface area contributed by atoms with Crippen LogP contribution in [0.25, 0.3) is 0 Å². The van der Waals surface area contributed by atoms with E-state index in [4.69, 9.17) is 0 Å². The van der Waals surface area contributed by atoms with Crippen molar-refractivity contribution in [2.24, 2.45) is 5.92 Å². The Morgan fingerprint density at radius 2 is 2.15 bits per heavy atom. The predicted molar refractivity (Wildman–Crippen MR) is 79.5 cm³/mol. The molecule has 0 heterocycles. The van der Waals surface area contributed by atoms with Gasteiger partial charge in [0.25, 0.3) is 0 Å². The van der Waals surface area contributed by atoms with Crippen LogP contribution in [0, 0.1) is 18.7 Å². The average Bonchev–Trinajstić information content (AvgIpc) is 2.39. The zero-order chi connectivity index (χ0) is 14.5. The topological polar surface area (TPSA) is 20.3 Å². The summed E-state index contributed by atoms with van der Waals surface area (Å²) in [5.74, 6) is 0.565. The van der Waals surface area contributed by atoms with Crippen LogP contribution in [0.4, 0.5) is 4.39 Å². The SMILES string of the molecule is CCN(CCC(=O)c1ccc(C)c(F)c1)CC1CCC1. The lowest BCUT2D eigenvalue weighted by Crippen LogP contribution is -2.34. The van der Waals surface area contributed by atoms with Gasteiger partial charge in [0.1, 0.15) is 5.82 Å². The van der Waals surface area contributed by atoms with Gasteiger partial charge in [0.15, 0.2) is 5.78 Å². The number of halogens is 1. The summed E-state index contributed by atoms with van der Waals surface area (Å²) in [6.45, 7) is 6.70. The maximum absolute atomic E-state index is 13.5. The average molecular weight is 277 g/mol. The summed E-state index contributed by atoms with van der Waals surface area (Å²) >= 11 is 0. The second kappa shape index (κ2) is 6.98. The Morgan fingerprint density at radius 3 is 2.70 bits per heavy atom. The number of carbonyl (C=O) groups is 1. The van der Waals surface area contributed by atoms with E-state index in [2.05, 4.69) is 11.8 Å². The van der Waals surface area contributed by atoms with Crippen molar-refractivity contribution in [3.8, 4) is 0 Å². The number of nitrogens with zero attached hydrogens (tertiary/aromatic N) is 1. The summed E-state index contributed by atoms with van der Waals surface area (Å²) < 4.78 is 13.5. The molecule has 0 bridgehead atoms. The Labute approximate surface area is 121 Å². The first-order valence-electron chi connectivity index (χ1n) is 7.62. The summed E-state index contributed by atoms with van der Waals surface area (Å²) in [5, 5.41) is 0. The monoisotopic (exact) mass is 277 g/mol. The Balaban J connectivity index is 1.84. The number of Topliss-reactive ketones (excluding diaryl/α,β-unsaturated/α-hetero) is 1. The molecule has 1 saturated carbocycles. The molecule has 1 aromatic carbocycles. The van der Waals surface area contributed by atoms with Crippen molar-refractivity contribution in [2.75, 3.05) is 19.6 Å². The molecule has 20 heavy (non-hydrogen) atoms. The molecule has 0 spiro atoms. The normalized spacial score (nSPS) is 15.4. The number of rotatable bonds is 7. The fraction of sp³-hybridized carbons (Fsp3) is 0.588. The Kier molecular flexibility index (Phi) is 5.30. The number of aryl methyl sites for hydroxylation is 1. The lowest BCUT2D eigenvalue weighted by atomic mass is 9.85. The van der Waals surface area contributed by atoms with Gasteiger partial charge in [-0.05, 0) is 43.9 Å². The summed E-state index contributed by atoms with van der Waals surface area (Å²) in [5.41, 5.74) is 1.08. The Bertz CT molecular complexity index is 468. The van der Waals surface area contributed by atoms with E-state index in [0.717, 1.165) is 25.6 Å². The standard InChI is InChI=1S/C17H24FNO/c1-3-19(12-14-5-4-6-14)10-9-17(20)15-8-7-13(2)16(18)11-15/h7-8,11,14H,3-6,9-10,12H2,1-2H3. The van der Waals surface area contributed by atoms with Crippen LogP contribution < -0.4 is 0 Å². The van der Waals surface area contributed by atoms with Gasteiger partial charge < -0.3 is 4.90 Å². The molecule has 0 aromatic heterocycles. The van der Waals surface area contributed by atoms with Crippen LogP contribution in [0.3, 0.4) is 0 Å². The molecule has 1 aliphatic rings. The second-order valence-electron chi connectivity index (χ2n) is 5.83. The highest BCUT2D eigenvalue weighted by molar-refractivity contribution is 5.96. The zero-order valence-corrected chi connectivity index (χ0v) is 12.5. The van der Waals surface area contributed by atoms with E-state index in [1.807, 2.05) is 0 Å². The van der Waals surface area contributed by atoms with Gasteiger partial charge in [-0.3, -0.25) is 4.79 Å². The maximum atomic E-state index is 13.5. The summed E-state index contributed by atoms with van der Waals surface area (Å²) in [7, 11) is 0. The van der Waals surface area contributed by atoms with Crippen molar-refractivity contribution < 1.29 is 9.18 Å². The highest BCUT2D eigenvalue weighted by Crippen LogP contribution is 2.27. The summed E-state index contributed by atoms with van der Waals surface area (Å²) in [6, 6.07) is 4.76. The van der Waals surface area contributed by atoms with E-state index >= 15 is 0 Å². The van der Waals surface area contributed by atoms with Gasteiger partial charge in [0.2, 0.25) is 0 Å². The molecule has 1 aliphatic carbocycles. The quantitative estimate of drug-likeness (QED) is 0.706. The van der Waals surface area contributed by atoms with E-state index in [0.29, 0.717) is 17.5 Å². The summed E-state index contributed by atoms with van der Waals surface area (Å²) in [4.78, 5) is 14.4. The second-order valence-corrected chi connectivity index (χ2v) is 5.83. The van der Waals surface area contributed by atoms with Crippen LogP contribution in [0.15, 0.2) is 18.2 Å². The number of carbonyl (C=O) groups excluding carboxylic acids is 1. The lowest BCUT2D eigenvalue weighted by molar-refractivity contribution is 0.0953. The first-order valence-corrected chi connectivity index (χ1v) is 7.62. The number of benzene rings is 1. The van der Waals surface area contributed by atoms with Crippen LogP contribution in [0.2, 0.25) is 0 Å². The first kappa shape index (κ1) is 15.2. The van der Waals surface area contributed by atoms with Crippen molar-refractivity contribution >= 4 is 5.78 Å². The van der Waals surface area contributed by atoms with Gasteiger partial charge >= 0.3 is 0 Å². The van der Waals surface area contributed by atoms with Crippen molar-refractivity contribution in [3.05, 3.63) is 35.1 Å². The minimum Gasteiger partial charge on any atom is -0.303 e. The molecule has 2 rings (SSSR count). The zero-order valence-electron chi connectivity index (χ0n) is 12.5. The molecule has 0 N–H and O–H groups in total. The molecule has 2 nitrogen and oxygen atoms in total. The van der Waals surface area contributed by atoms with E-state index < -0.39 is 0 Å². The van der Waals surface area contributed by atoms with E-state index in [-0.39, 0.29) is 11.6 Å². The number of ketones is 1. The van der Waals surface area contributed by atoms with Gasteiger partial charge in [-0.15, -0.1) is 0 Å². The lowest BCUT2D eigenvalue weighted by Gasteiger charge is -2.31. The van der Waals surface area contributed by atoms with Gasteiger partial charge in [0, 0.05) is 25.1 Å². The van der Waals surface area contributed by atoms with Crippen LogP contribution >= 0.6 is 0 Å². The maximum Gasteiger partial charge on any atom is 0.164 e. The molecule has 110 valence electrons. The fourth-order valence-corrected chi connectivity index (χ4v) is 2.59. The van der Waals surface area contributed by atoms with Crippen LogP contribution in [-0.4, -0.2) is 30.3 Å². The van der Waals surface area contributed by atoms with E-state index in [1.54, 1.807) is 19.1 Å². The molecule has 3 heteroatoms. The van der Waals surface area contributed by atoms with Crippen molar-refractivity contribution in [1.82, 2.24) is 4.90 Å². The third-order valence-electron chi connectivity index (χ3n) is 4.34. The Morgan fingerprint density at radius 1 is 1.40 bits per heavy atom. The highest BCUT2D eigenvalue weighted by Gasteiger charge is 2.20. The Hall–Kier alpha value is -1.22. The first-order chi connectivity index (χ1) is 9.60. The molecule has 0 amide bonds. The predicted octanol–water partition coefficient (Wildman–Crippen LogP) is 3.83. The third kappa shape index (κ3) is 3.89. The molecule has 1 aromatic rings. The largest absolute Gasteiger partial charge is 0.303 e. The minimum atomic E-state index is -0.294.